The van der Waals surface area contributed by atoms with Crippen molar-refractivity contribution in [1.82, 2.24) is 4.90 Å². The summed E-state index contributed by atoms with van der Waals surface area (Å²) in [6.07, 6.45) is 2.90. The van der Waals surface area contributed by atoms with Crippen LogP contribution in [0.5, 0.6) is 0 Å². The first kappa shape index (κ1) is 20.1. The molecule has 31 heavy (non-hydrogen) atoms. The lowest BCUT2D eigenvalue weighted by Gasteiger charge is -2.36. The average molecular weight is 435 g/mol. The summed E-state index contributed by atoms with van der Waals surface area (Å²) < 4.78 is 27.9. The van der Waals surface area contributed by atoms with Crippen LogP contribution >= 0.6 is 0 Å². The van der Waals surface area contributed by atoms with Gasteiger partial charge >= 0.3 is 0 Å². The molecular formula is C25H26N2O3S. The van der Waals surface area contributed by atoms with Crippen molar-refractivity contribution in [3.8, 4) is 0 Å². The van der Waals surface area contributed by atoms with Crippen molar-refractivity contribution >= 4 is 32.4 Å². The smallest absolute Gasteiger partial charge is 0.265 e. The number of carbonyl (C=O) groups is 1. The first-order valence-corrected chi connectivity index (χ1v) is 12.3. The second kappa shape index (κ2) is 7.68. The highest BCUT2D eigenvalue weighted by Gasteiger charge is 2.42. The quantitative estimate of drug-likeness (QED) is 0.618. The summed E-state index contributed by atoms with van der Waals surface area (Å²) in [7, 11) is -3.75. The van der Waals surface area contributed by atoms with Gasteiger partial charge in [-0.25, -0.2) is 8.42 Å². The Morgan fingerprint density at radius 2 is 1.65 bits per heavy atom. The lowest BCUT2D eigenvalue weighted by molar-refractivity contribution is -0.133. The molecule has 1 saturated heterocycles. The van der Waals surface area contributed by atoms with Crippen molar-refractivity contribution in [3.63, 3.8) is 0 Å². The van der Waals surface area contributed by atoms with Crippen LogP contribution < -0.4 is 4.31 Å². The highest BCUT2D eigenvalue weighted by atomic mass is 32.2. The van der Waals surface area contributed by atoms with E-state index in [9.17, 15) is 13.2 Å². The molecule has 0 bridgehead atoms. The largest absolute Gasteiger partial charge is 0.341 e. The molecular weight excluding hydrogens is 408 g/mol. The van der Waals surface area contributed by atoms with E-state index in [1.54, 1.807) is 25.1 Å². The summed E-state index contributed by atoms with van der Waals surface area (Å²) in [6, 6.07) is 20.5. The van der Waals surface area contributed by atoms with Crippen LogP contribution in [0.3, 0.4) is 0 Å². The highest BCUT2D eigenvalue weighted by Crippen LogP contribution is 2.43. The minimum absolute atomic E-state index is 0.119. The third-order valence-electron chi connectivity index (χ3n) is 6.62. The zero-order chi connectivity index (χ0) is 21.6. The van der Waals surface area contributed by atoms with E-state index in [2.05, 4.69) is 24.3 Å². The van der Waals surface area contributed by atoms with E-state index in [1.807, 2.05) is 29.2 Å². The Morgan fingerprint density at radius 3 is 2.35 bits per heavy atom. The van der Waals surface area contributed by atoms with Crippen molar-refractivity contribution < 1.29 is 13.2 Å². The number of piperidine rings is 1. The topological polar surface area (TPSA) is 57.7 Å². The van der Waals surface area contributed by atoms with Crippen molar-refractivity contribution in [2.24, 2.45) is 5.92 Å². The average Bonchev–Trinajstić information content (AvgIpc) is 3.02. The minimum atomic E-state index is -3.75. The Labute approximate surface area is 183 Å². The molecule has 0 saturated carbocycles. The number of sulfonamides is 1. The van der Waals surface area contributed by atoms with Gasteiger partial charge in [-0.15, -0.1) is 0 Å². The number of hydrogen-bond donors (Lipinski definition) is 0. The van der Waals surface area contributed by atoms with E-state index in [0.717, 1.165) is 24.6 Å². The minimum Gasteiger partial charge on any atom is -0.341 e. The molecule has 3 aromatic carbocycles. The number of hydrogen-bond acceptors (Lipinski definition) is 3. The Kier molecular flexibility index (Phi) is 4.97. The Bertz CT molecular complexity index is 1230. The molecule has 1 fully saturated rings. The molecule has 0 radical (unpaired) electrons. The van der Waals surface area contributed by atoms with Gasteiger partial charge in [-0.05, 0) is 55.2 Å². The molecule has 2 heterocycles. The van der Waals surface area contributed by atoms with Crippen LogP contribution in [0, 0.1) is 5.92 Å². The van der Waals surface area contributed by atoms with E-state index in [0.29, 0.717) is 35.0 Å². The molecule has 3 aromatic rings. The summed E-state index contributed by atoms with van der Waals surface area (Å²) >= 11 is 0. The second-order valence-corrected chi connectivity index (χ2v) is 10.3. The van der Waals surface area contributed by atoms with Crippen LogP contribution in [0.2, 0.25) is 0 Å². The van der Waals surface area contributed by atoms with E-state index >= 15 is 0 Å². The van der Waals surface area contributed by atoms with Crippen LogP contribution in [0.4, 0.5) is 5.69 Å². The number of anilines is 1. The van der Waals surface area contributed by atoms with Gasteiger partial charge in [0.2, 0.25) is 5.91 Å². The third-order valence-corrected chi connectivity index (χ3v) is 8.55. The molecule has 1 amide bonds. The number of nitrogens with zero attached hydrogens (tertiary/aromatic N) is 2. The fraction of sp³-hybridized carbons (Fsp3) is 0.320. The molecule has 2 aliphatic heterocycles. The van der Waals surface area contributed by atoms with Gasteiger partial charge < -0.3 is 4.90 Å². The molecule has 2 aliphatic rings. The van der Waals surface area contributed by atoms with Crippen LogP contribution in [0.15, 0.2) is 71.6 Å². The van der Waals surface area contributed by atoms with Crippen LogP contribution in [0.25, 0.3) is 10.8 Å². The van der Waals surface area contributed by atoms with Crippen molar-refractivity contribution in [2.45, 2.75) is 37.1 Å². The number of carbonyl (C=O) groups excluding carboxylic acids is 1. The molecule has 0 aromatic heterocycles. The van der Waals surface area contributed by atoms with Crippen LogP contribution in [-0.4, -0.2) is 38.4 Å². The van der Waals surface area contributed by atoms with E-state index < -0.39 is 16.1 Å². The third kappa shape index (κ3) is 3.39. The first-order valence-electron chi connectivity index (χ1n) is 10.9. The standard InChI is InChI=1S/C25H26N2O3S/c1-18(25(28)26-15-13-20(14-16-26)17-19-7-3-2-4-8-19)27-22-11-5-9-21-10-6-12-23(24(21)22)31(27,29)30/h2-12,18,20H,13-17H2,1H3. The van der Waals surface area contributed by atoms with Crippen LogP contribution in [-0.2, 0) is 21.2 Å². The summed E-state index contributed by atoms with van der Waals surface area (Å²) in [5.74, 6) is 0.432. The molecule has 160 valence electrons. The molecule has 0 aliphatic carbocycles. The normalized spacial score (nSPS) is 19.0. The maximum absolute atomic E-state index is 13.3. The SMILES string of the molecule is CC(C(=O)N1CCC(Cc2ccccc2)CC1)N1c2cccc3cccc(c23)S1(=O)=O. The van der Waals surface area contributed by atoms with Gasteiger partial charge in [0.25, 0.3) is 10.0 Å². The second-order valence-electron chi connectivity index (χ2n) is 8.57. The van der Waals surface area contributed by atoms with Gasteiger partial charge in [-0.1, -0.05) is 54.6 Å². The fourth-order valence-electron chi connectivity index (χ4n) is 5.01. The van der Waals surface area contributed by atoms with Crippen molar-refractivity contribution in [2.75, 3.05) is 17.4 Å². The Hall–Kier alpha value is -2.86. The molecule has 5 rings (SSSR count). The summed E-state index contributed by atoms with van der Waals surface area (Å²) in [4.78, 5) is 15.5. The maximum Gasteiger partial charge on any atom is 0.265 e. The Morgan fingerprint density at radius 1 is 0.968 bits per heavy atom. The van der Waals surface area contributed by atoms with Gasteiger partial charge in [0.1, 0.15) is 6.04 Å². The fourth-order valence-corrected chi connectivity index (χ4v) is 6.87. The molecule has 1 unspecified atom stereocenters. The van der Waals surface area contributed by atoms with Gasteiger partial charge in [-0.2, -0.15) is 0 Å². The predicted molar refractivity (Wildman–Crippen MR) is 123 cm³/mol. The lowest BCUT2D eigenvalue weighted by Crippen LogP contribution is -2.50. The molecule has 1 atom stereocenters. The molecule has 6 heteroatoms. The molecule has 5 nitrogen and oxygen atoms in total. The van der Waals surface area contributed by atoms with E-state index in [4.69, 9.17) is 0 Å². The van der Waals surface area contributed by atoms with Gasteiger partial charge in [0.15, 0.2) is 0 Å². The monoisotopic (exact) mass is 434 g/mol. The number of amides is 1. The summed E-state index contributed by atoms with van der Waals surface area (Å²) in [6.45, 7) is 3.05. The van der Waals surface area contributed by atoms with Gasteiger partial charge in [0.05, 0.1) is 10.6 Å². The van der Waals surface area contributed by atoms with Gasteiger partial charge in [0, 0.05) is 18.5 Å². The van der Waals surface area contributed by atoms with Crippen molar-refractivity contribution in [1.29, 1.82) is 0 Å². The van der Waals surface area contributed by atoms with Crippen LogP contribution in [0.1, 0.15) is 25.3 Å². The van der Waals surface area contributed by atoms with E-state index in [-0.39, 0.29) is 5.91 Å². The summed E-state index contributed by atoms with van der Waals surface area (Å²) in [5.41, 5.74) is 1.93. The number of likely N-dealkylation sites (tertiary alicyclic amines) is 1. The first-order chi connectivity index (χ1) is 15.0. The number of benzene rings is 3. The molecule has 0 spiro atoms. The zero-order valence-corrected chi connectivity index (χ0v) is 18.4. The zero-order valence-electron chi connectivity index (χ0n) is 17.6. The molecule has 0 N–H and O–H groups in total. The highest BCUT2D eigenvalue weighted by molar-refractivity contribution is 7.93. The number of rotatable bonds is 4. The predicted octanol–water partition coefficient (Wildman–Crippen LogP) is 4.22. The van der Waals surface area contributed by atoms with Crippen molar-refractivity contribution in [3.05, 3.63) is 72.3 Å². The van der Waals surface area contributed by atoms with E-state index in [1.165, 1.54) is 9.87 Å². The lowest BCUT2D eigenvalue weighted by atomic mass is 9.90. The Balaban J connectivity index is 1.33. The summed E-state index contributed by atoms with van der Waals surface area (Å²) in [5, 5.41) is 1.59. The maximum atomic E-state index is 13.3. The van der Waals surface area contributed by atoms with Gasteiger partial charge in [-0.3, -0.25) is 9.10 Å².